The first-order valence-corrected chi connectivity index (χ1v) is 4.94. The predicted molar refractivity (Wildman–Crippen MR) is 52.9 cm³/mol. The molecule has 1 N–H and O–H groups in total. The first-order valence-electron chi connectivity index (χ1n) is 3.82. The molecule has 68 valence electrons. The summed E-state index contributed by atoms with van der Waals surface area (Å²) in [5.74, 6) is 0. The fraction of sp³-hybridized carbons (Fsp3) is 1.00. The molecule has 1 aliphatic rings. The maximum Gasteiger partial charge on any atom is 0.0700 e. The van der Waals surface area contributed by atoms with E-state index in [0.717, 1.165) is 25.0 Å². The Labute approximate surface area is 82.6 Å². The molecule has 11 heavy (non-hydrogen) atoms. The Bertz CT molecular complexity index is 88.5. The highest BCUT2D eigenvalue weighted by Gasteiger charge is 2.11. The Morgan fingerprint density at radius 2 is 2.36 bits per heavy atom. The summed E-state index contributed by atoms with van der Waals surface area (Å²) < 4.78 is 5.50. The lowest BCUT2D eigenvalue weighted by molar-refractivity contribution is 0.0234. The molecule has 0 radical (unpaired) electrons. The molecule has 4 heteroatoms. The van der Waals surface area contributed by atoms with Crippen molar-refractivity contribution in [1.29, 1.82) is 0 Å². The van der Waals surface area contributed by atoms with Gasteiger partial charge in [-0.2, -0.15) is 0 Å². The molecular weight excluding hydrogens is 229 g/mol. The first-order chi connectivity index (χ1) is 4.93. The van der Waals surface area contributed by atoms with Crippen molar-refractivity contribution in [3.8, 4) is 0 Å². The molecule has 0 aromatic carbocycles. The van der Waals surface area contributed by atoms with Crippen LogP contribution in [-0.4, -0.2) is 31.1 Å². The number of rotatable bonds is 3. The second kappa shape index (κ2) is 7.35. The minimum atomic E-state index is 0. The lowest BCUT2D eigenvalue weighted by atomic mass is 10.2. The van der Waals surface area contributed by atoms with Gasteiger partial charge in [0.25, 0.3) is 0 Å². The van der Waals surface area contributed by atoms with Gasteiger partial charge in [-0.3, -0.25) is 0 Å². The molecule has 1 aliphatic heterocycles. The molecular formula is C7H15BrClNO. The van der Waals surface area contributed by atoms with E-state index in [1.165, 1.54) is 12.8 Å². The summed E-state index contributed by atoms with van der Waals surface area (Å²) >= 11 is 3.40. The first kappa shape index (κ1) is 11.7. The third-order valence-corrected chi connectivity index (χ3v) is 2.22. The number of nitrogens with one attached hydrogen (secondary N) is 1. The summed E-state index contributed by atoms with van der Waals surface area (Å²) in [7, 11) is 0. The normalized spacial score (nSPS) is 24.3. The van der Waals surface area contributed by atoms with Crippen LogP contribution in [0.2, 0.25) is 0 Å². The zero-order valence-electron chi connectivity index (χ0n) is 6.51. The molecule has 1 fully saturated rings. The van der Waals surface area contributed by atoms with Crippen molar-refractivity contribution in [3.63, 3.8) is 0 Å². The summed E-state index contributed by atoms with van der Waals surface area (Å²) in [4.78, 5) is 0. The Morgan fingerprint density at radius 3 is 2.91 bits per heavy atom. The van der Waals surface area contributed by atoms with Crippen LogP contribution in [0, 0.1) is 0 Å². The summed E-state index contributed by atoms with van der Waals surface area (Å²) in [6.45, 7) is 2.94. The lowest BCUT2D eigenvalue weighted by Gasteiger charge is -2.23. The second-order valence-electron chi connectivity index (χ2n) is 2.53. The van der Waals surface area contributed by atoms with Crippen LogP contribution < -0.4 is 5.32 Å². The van der Waals surface area contributed by atoms with Gasteiger partial charge in [0, 0.05) is 18.4 Å². The topological polar surface area (TPSA) is 21.3 Å². The molecule has 2 nitrogen and oxygen atoms in total. The zero-order chi connectivity index (χ0) is 7.23. The molecule has 0 saturated carbocycles. The molecule has 1 rings (SSSR count). The standard InChI is InChI=1S/C7H14BrNO.ClH/c8-3-1-2-7-6-9-4-5-10-7;/h7,9H,1-6H2;1H. The van der Waals surface area contributed by atoms with E-state index in [4.69, 9.17) is 4.74 Å². The molecule has 0 aromatic rings. The third kappa shape index (κ3) is 5.01. The Kier molecular flexibility index (Phi) is 7.81. The van der Waals surface area contributed by atoms with Crippen LogP contribution in [-0.2, 0) is 4.74 Å². The van der Waals surface area contributed by atoms with Crippen LogP contribution in [0.1, 0.15) is 12.8 Å². The third-order valence-electron chi connectivity index (χ3n) is 1.66. The Hall–Kier alpha value is 0.690. The van der Waals surface area contributed by atoms with Crippen molar-refractivity contribution in [2.24, 2.45) is 0 Å². The van der Waals surface area contributed by atoms with Crippen molar-refractivity contribution in [2.75, 3.05) is 25.0 Å². The molecule has 1 saturated heterocycles. The number of hydrogen-bond acceptors (Lipinski definition) is 2. The molecule has 1 unspecified atom stereocenters. The minimum Gasteiger partial charge on any atom is -0.376 e. The van der Waals surface area contributed by atoms with Crippen LogP contribution in [0.5, 0.6) is 0 Å². The van der Waals surface area contributed by atoms with E-state index in [1.54, 1.807) is 0 Å². The van der Waals surface area contributed by atoms with Gasteiger partial charge in [-0.1, -0.05) is 15.9 Å². The molecule has 0 aromatic heterocycles. The smallest absolute Gasteiger partial charge is 0.0700 e. The van der Waals surface area contributed by atoms with E-state index >= 15 is 0 Å². The highest BCUT2D eigenvalue weighted by molar-refractivity contribution is 9.09. The van der Waals surface area contributed by atoms with Crippen molar-refractivity contribution in [3.05, 3.63) is 0 Å². The van der Waals surface area contributed by atoms with Gasteiger partial charge in [-0.15, -0.1) is 12.4 Å². The SMILES string of the molecule is BrCCCC1CNCCO1.Cl. The summed E-state index contributed by atoms with van der Waals surface area (Å²) in [5, 5.41) is 4.39. The summed E-state index contributed by atoms with van der Waals surface area (Å²) in [5.41, 5.74) is 0. The summed E-state index contributed by atoms with van der Waals surface area (Å²) in [6.07, 6.45) is 2.86. The number of alkyl halides is 1. The van der Waals surface area contributed by atoms with Crippen LogP contribution in [0.4, 0.5) is 0 Å². The van der Waals surface area contributed by atoms with Crippen molar-refractivity contribution in [2.45, 2.75) is 18.9 Å². The van der Waals surface area contributed by atoms with Crippen LogP contribution in [0.3, 0.4) is 0 Å². The van der Waals surface area contributed by atoms with Crippen LogP contribution >= 0.6 is 28.3 Å². The second-order valence-corrected chi connectivity index (χ2v) is 3.32. The largest absolute Gasteiger partial charge is 0.376 e. The lowest BCUT2D eigenvalue weighted by Crippen LogP contribution is -2.38. The van der Waals surface area contributed by atoms with Gasteiger partial charge in [0.1, 0.15) is 0 Å². The van der Waals surface area contributed by atoms with E-state index in [2.05, 4.69) is 21.2 Å². The highest BCUT2D eigenvalue weighted by Crippen LogP contribution is 2.05. The van der Waals surface area contributed by atoms with E-state index in [0.29, 0.717) is 6.10 Å². The van der Waals surface area contributed by atoms with Gasteiger partial charge in [-0.05, 0) is 12.8 Å². The van der Waals surface area contributed by atoms with Gasteiger partial charge in [0.05, 0.1) is 12.7 Å². The number of ether oxygens (including phenoxy) is 1. The molecule has 0 aliphatic carbocycles. The van der Waals surface area contributed by atoms with Crippen LogP contribution in [0.25, 0.3) is 0 Å². The molecule has 1 heterocycles. The fourth-order valence-corrected chi connectivity index (χ4v) is 1.43. The number of halogens is 2. The predicted octanol–water partition coefficient (Wildman–Crippen LogP) is 1.57. The van der Waals surface area contributed by atoms with Crippen molar-refractivity contribution in [1.82, 2.24) is 5.32 Å². The Balaban J connectivity index is 0.000001000. The van der Waals surface area contributed by atoms with E-state index in [-0.39, 0.29) is 12.4 Å². The van der Waals surface area contributed by atoms with Gasteiger partial charge >= 0.3 is 0 Å². The summed E-state index contributed by atoms with van der Waals surface area (Å²) in [6, 6.07) is 0. The van der Waals surface area contributed by atoms with E-state index < -0.39 is 0 Å². The quantitative estimate of drug-likeness (QED) is 0.761. The number of hydrogen-bond donors (Lipinski definition) is 1. The van der Waals surface area contributed by atoms with E-state index in [1.807, 2.05) is 0 Å². The average Bonchev–Trinajstić information content (AvgIpc) is 2.03. The highest BCUT2D eigenvalue weighted by atomic mass is 79.9. The number of morpholine rings is 1. The molecule has 1 atom stereocenters. The Morgan fingerprint density at radius 1 is 1.55 bits per heavy atom. The zero-order valence-corrected chi connectivity index (χ0v) is 8.92. The average molecular weight is 245 g/mol. The van der Waals surface area contributed by atoms with Crippen molar-refractivity contribution >= 4 is 28.3 Å². The minimum absolute atomic E-state index is 0. The fourth-order valence-electron chi connectivity index (χ4n) is 1.11. The van der Waals surface area contributed by atoms with Gasteiger partial charge in [0.2, 0.25) is 0 Å². The maximum absolute atomic E-state index is 5.50. The maximum atomic E-state index is 5.50. The van der Waals surface area contributed by atoms with Crippen LogP contribution in [0.15, 0.2) is 0 Å². The van der Waals surface area contributed by atoms with Gasteiger partial charge in [-0.25, -0.2) is 0 Å². The van der Waals surface area contributed by atoms with E-state index in [9.17, 15) is 0 Å². The molecule has 0 amide bonds. The molecule has 0 spiro atoms. The van der Waals surface area contributed by atoms with Gasteiger partial charge in [0.15, 0.2) is 0 Å². The molecule has 0 bridgehead atoms. The van der Waals surface area contributed by atoms with Crippen molar-refractivity contribution < 1.29 is 4.74 Å². The van der Waals surface area contributed by atoms with Gasteiger partial charge < -0.3 is 10.1 Å². The monoisotopic (exact) mass is 243 g/mol.